The molecule has 0 aromatic carbocycles. The lowest BCUT2D eigenvalue weighted by molar-refractivity contribution is -0.153. The number of carboxylic acids is 1. The Morgan fingerprint density at radius 2 is 1.93 bits per heavy atom. The van der Waals surface area contributed by atoms with Gasteiger partial charge in [-0.15, -0.1) is 0 Å². The average molecular weight is 216 g/mol. The van der Waals surface area contributed by atoms with Gasteiger partial charge in [0.05, 0.1) is 0 Å². The van der Waals surface area contributed by atoms with Crippen LogP contribution in [0.3, 0.4) is 0 Å². The summed E-state index contributed by atoms with van der Waals surface area (Å²) in [4.78, 5) is 24.2. The fourth-order valence-electron chi connectivity index (χ4n) is 0.836. The third-order valence-electron chi connectivity index (χ3n) is 2.42. The molecule has 0 aromatic heterocycles. The second-order valence-corrected chi connectivity index (χ2v) is 4.08. The number of carboxylic acid groups (broad SMARTS) is 1. The summed E-state index contributed by atoms with van der Waals surface area (Å²) < 4.78 is 0. The van der Waals surface area contributed by atoms with Crippen molar-refractivity contribution in [3.05, 3.63) is 0 Å². The molecule has 0 aliphatic rings. The highest BCUT2D eigenvalue weighted by atomic mass is 16.4. The Bertz CT molecular complexity index is 239. The zero-order valence-electron chi connectivity index (χ0n) is 9.83. The van der Waals surface area contributed by atoms with Gasteiger partial charge in [0.1, 0.15) is 5.41 Å². The van der Waals surface area contributed by atoms with Crippen LogP contribution in [0.25, 0.3) is 0 Å². The van der Waals surface area contributed by atoms with E-state index >= 15 is 0 Å². The molecule has 0 aliphatic carbocycles. The number of nitrogens with zero attached hydrogens (tertiary/aromatic N) is 1. The van der Waals surface area contributed by atoms with Gasteiger partial charge in [-0.25, -0.2) is 0 Å². The molecule has 0 atom stereocenters. The number of nitrogens with one attached hydrogen (secondary N) is 1. The summed E-state index contributed by atoms with van der Waals surface area (Å²) in [6.45, 7) is 6.90. The SMILES string of the molecule is CCN(C)CCNC(=O)C(C)(C)C(=O)O. The molecular weight excluding hydrogens is 196 g/mol. The topological polar surface area (TPSA) is 69.6 Å². The average Bonchev–Trinajstić information content (AvgIpc) is 2.16. The van der Waals surface area contributed by atoms with Crippen molar-refractivity contribution in [2.45, 2.75) is 20.8 Å². The Morgan fingerprint density at radius 3 is 2.33 bits per heavy atom. The second-order valence-electron chi connectivity index (χ2n) is 4.08. The van der Waals surface area contributed by atoms with Gasteiger partial charge in [0, 0.05) is 13.1 Å². The van der Waals surface area contributed by atoms with Crippen molar-refractivity contribution >= 4 is 11.9 Å². The van der Waals surface area contributed by atoms with E-state index in [9.17, 15) is 9.59 Å². The van der Waals surface area contributed by atoms with Crippen LogP contribution in [0.15, 0.2) is 0 Å². The molecule has 15 heavy (non-hydrogen) atoms. The molecule has 0 spiro atoms. The maximum atomic E-state index is 11.5. The van der Waals surface area contributed by atoms with E-state index in [1.807, 2.05) is 18.9 Å². The number of carbonyl (C=O) groups excluding carboxylic acids is 1. The van der Waals surface area contributed by atoms with Crippen molar-refractivity contribution in [3.63, 3.8) is 0 Å². The fourth-order valence-corrected chi connectivity index (χ4v) is 0.836. The molecular formula is C10H20N2O3. The first-order chi connectivity index (χ1) is 6.82. The molecule has 0 radical (unpaired) electrons. The highest BCUT2D eigenvalue weighted by molar-refractivity contribution is 6.00. The van der Waals surface area contributed by atoms with Crippen LogP contribution in [-0.2, 0) is 9.59 Å². The number of likely N-dealkylation sites (N-methyl/N-ethyl adjacent to an activating group) is 1. The van der Waals surface area contributed by atoms with Crippen molar-refractivity contribution in [3.8, 4) is 0 Å². The van der Waals surface area contributed by atoms with Gasteiger partial charge in [-0.05, 0) is 27.4 Å². The van der Waals surface area contributed by atoms with Crippen LogP contribution in [0.5, 0.6) is 0 Å². The van der Waals surface area contributed by atoms with Crippen molar-refractivity contribution < 1.29 is 14.7 Å². The number of hydrogen-bond acceptors (Lipinski definition) is 3. The van der Waals surface area contributed by atoms with Crippen LogP contribution in [0.2, 0.25) is 0 Å². The van der Waals surface area contributed by atoms with Crippen LogP contribution >= 0.6 is 0 Å². The van der Waals surface area contributed by atoms with Crippen molar-refractivity contribution in [1.29, 1.82) is 0 Å². The molecule has 0 saturated carbocycles. The van der Waals surface area contributed by atoms with Gasteiger partial charge in [-0.2, -0.15) is 0 Å². The molecule has 1 amide bonds. The Hall–Kier alpha value is -1.10. The van der Waals surface area contributed by atoms with E-state index in [-0.39, 0.29) is 0 Å². The molecule has 88 valence electrons. The molecule has 0 aromatic rings. The molecule has 5 heteroatoms. The fraction of sp³-hybridized carbons (Fsp3) is 0.800. The summed E-state index contributed by atoms with van der Waals surface area (Å²) in [6.07, 6.45) is 0. The summed E-state index contributed by atoms with van der Waals surface area (Å²) in [7, 11) is 1.94. The van der Waals surface area contributed by atoms with Gasteiger partial charge in [-0.3, -0.25) is 9.59 Å². The Morgan fingerprint density at radius 1 is 1.40 bits per heavy atom. The van der Waals surface area contributed by atoms with Gasteiger partial charge < -0.3 is 15.3 Å². The summed E-state index contributed by atoms with van der Waals surface area (Å²) in [5.74, 6) is -1.55. The minimum atomic E-state index is -1.36. The van der Waals surface area contributed by atoms with E-state index in [4.69, 9.17) is 5.11 Å². The number of carbonyl (C=O) groups is 2. The van der Waals surface area contributed by atoms with Gasteiger partial charge in [0.15, 0.2) is 0 Å². The maximum absolute atomic E-state index is 11.5. The van der Waals surface area contributed by atoms with E-state index in [0.717, 1.165) is 13.1 Å². The van der Waals surface area contributed by atoms with Crippen molar-refractivity contribution in [2.24, 2.45) is 5.41 Å². The van der Waals surface area contributed by atoms with Crippen LogP contribution < -0.4 is 5.32 Å². The number of rotatable bonds is 6. The molecule has 5 nitrogen and oxygen atoms in total. The van der Waals surface area contributed by atoms with Crippen LogP contribution in [0.4, 0.5) is 0 Å². The normalized spacial score (nSPS) is 11.5. The first-order valence-corrected chi connectivity index (χ1v) is 5.02. The molecule has 0 aliphatic heterocycles. The molecule has 0 rings (SSSR count). The predicted octanol–water partition coefficient (Wildman–Crippen LogP) is 0.165. The standard InChI is InChI=1S/C10H20N2O3/c1-5-12(4)7-6-11-8(13)10(2,3)9(14)15/h5-7H2,1-4H3,(H,11,13)(H,14,15). The van der Waals surface area contributed by atoms with Crippen LogP contribution in [-0.4, -0.2) is 48.6 Å². The maximum Gasteiger partial charge on any atom is 0.318 e. The third kappa shape index (κ3) is 4.29. The Labute approximate surface area is 90.5 Å². The lowest BCUT2D eigenvalue weighted by Crippen LogP contribution is -2.44. The van der Waals surface area contributed by atoms with E-state index in [0.29, 0.717) is 6.54 Å². The number of amides is 1. The molecule has 0 heterocycles. The van der Waals surface area contributed by atoms with E-state index < -0.39 is 17.3 Å². The van der Waals surface area contributed by atoms with Gasteiger partial charge in [-0.1, -0.05) is 6.92 Å². The lowest BCUT2D eigenvalue weighted by Gasteiger charge is -2.20. The van der Waals surface area contributed by atoms with E-state index in [1.165, 1.54) is 13.8 Å². The number of aliphatic carboxylic acids is 1. The van der Waals surface area contributed by atoms with Crippen LogP contribution in [0, 0.1) is 5.41 Å². The summed E-state index contributed by atoms with van der Waals surface area (Å²) in [5.41, 5.74) is -1.36. The smallest absolute Gasteiger partial charge is 0.318 e. The minimum Gasteiger partial charge on any atom is -0.480 e. The quantitative estimate of drug-likeness (QED) is 0.621. The van der Waals surface area contributed by atoms with Crippen LogP contribution in [0.1, 0.15) is 20.8 Å². The number of hydrogen-bond donors (Lipinski definition) is 2. The monoisotopic (exact) mass is 216 g/mol. The molecule has 0 fully saturated rings. The van der Waals surface area contributed by atoms with E-state index in [2.05, 4.69) is 5.32 Å². The molecule has 0 saturated heterocycles. The molecule has 2 N–H and O–H groups in total. The second kappa shape index (κ2) is 5.70. The Balaban J connectivity index is 3.99. The van der Waals surface area contributed by atoms with Gasteiger partial charge >= 0.3 is 5.97 Å². The Kier molecular flexibility index (Phi) is 5.28. The molecule has 0 unspecified atom stereocenters. The summed E-state index contributed by atoms with van der Waals surface area (Å²) in [5, 5.41) is 11.4. The lowest BCUT2D eigenvalue weighted by atomic mass is 9.93. The van der Waals surface area contributed by atoms with E-state index in [1.54, 1.807) is 0 Å². The van der Waals surface area contributed by atoms with Crippen molar-refractivity contribution in [2.75, 3.05) is 26.7 Å². The predicted molar refractivity (Wildman–Crippen MR) is 57.6 cm³/mol. The first-order valence-electron chi connectivity index (χ1n) is 5.02. The first kappa shape index (κ1) is 13.9. The summed E-state index contributed by atoms with van der Waals surface area (Å²) in [6, 6.07) is 0. The van der Waals surface area contributed by atoms with Gasteiger partial charge in [0.2, 0.25) is 5.91 Å². The molecule has 0 bridgehead atoms. The van der Waals surface area contributed by atoms with Gasteiger partial charge in [0.25, 0.3) is 0 Å². The highest BCUT2D eigenvalue weighted by Gasteiger charge is 2.35. The van der Waals surface area contributed by atoms with Crippen molar-refractivity contribution in [1.82, 2.24) is 10.2 Å². The highest BCUT2D eigenvalue weighted by Crippen LogP contribution is 2.14. The minimum absolute atomic E-state index is 0.445. The zero-order valence-corrected chi connectivity index (χ0v) is 9.83. The largest absolute Gasteiger partial charge is 0.480 e. The zero-order chi connectivity index (χ0) is 12.1. The summed E-state index contributed by atoms with van der Waals surface area (Å²) >= 11 is 0. The third-order valence-corrected chi connectivity index (χ3v) is 2.42.